The topological polar surface area (TPSA) is 93.2 Å². The third-order valence-electron chi connectivity index (χ3n) is 2.35. The third-order valence-corrected chi connectivity index (χ3v) is 2.35. The molecule has 1 amide bonds. The Labute approximate surface area is 104 Å². The Morgan fingerprint density at radius 3 is 3.00 bits per heavy atom. The van der Waals surface area contributed by atoms with Crippen molar-refractivity contribution < 1.29 is 9.90 Å². The number of carbonyl (C=O) groups excluding carboxylic acids is 1. The molecule has 0 saturated carbocycles. The molecule has 0 aliphatic carbocycles. The fourth-order valence-corrected chi connectivity index (χ4v) is 1.52. The van der Waals surface area contributed by atoms with Crippen LogP contribution in [0.15, 0.2) is 36.5 Å². The largest absolute Gasteiger partial charge is 0.399 e. The zero-order valence-corrected chi connectivity index (χ0v) is 9.71. The van der Waals surface area contributed by atoms with Crippen LogP contribution < -0.4 is 11.1 Å². The van der Waals surface area contributed by atoms with Gasteiger partial charge < -0.3 is 16.2 Å². The van der Waals surface area contributed by atoms with Crippen LogP contribution in [0.2, 0.25) is 0 Å². The van der Waals surface area contributed by atoms with E-state index in [9.17, 15) is 4.79 Å². The van der Waals surface area contributed by atoms with E-state index in [-0.39, 0.29) is 19.1 Å². The lowest BCUT2D eigenvalue weighted by Crippen LogP contribution is -2.26. The van der Waals surface area contributed by atoms with Gasteiger partial charge in [-0.3, -0.25) is 4.79 Å². The minimum Gasteiger partial charge on any atom is -0.399 e. The summed E-state index contributed by atoms with van der Waals surface area (Å²) in [4.78, 5) is 11.6. The van der Waals surface area contributed by atoms with Gasteiger partial charge in [-0.1, -0.05) is 6.07 Å². The first-order valence-corrected chi connectivity index (χ1v) is 5.51. The number of anilines is 1. The minimum absolute atomic E-state index is 0.0956. The number of nitrogens with two attached hydrogens (primary N) is 1. The lowest BCUT2D eigenvalue weighted by molar-refractivity contribution is 0.0939. The third kappa shape index (κ3) is 2.67. The van der Waals surface area contributed by atoms with Crippen molar-refractivity contribution in [2.75, 3.05) is 18.9 Å². The summed E-state index contributed by atoms with van der Waals surface area (Å²) in [6.07, 6.45) is 1.68. The standard InChI is InChI=1S/C12H14N4O2/c13-9-2-1-3-10(8-9)16-6-4-11(15-16)12(18)14-5-7-17/h1-4,6,8,17H,5,7,13H2,(H,14,18). The monoisotopic (exact) mass is 246 g/mol. The van der Waals surface area contributed by atoms with Gasteiger partial charge in [-0.25, -0.2) is 4.68 Å². The summed E-state index contributed by atoms with van der Waals surface area (Å²) in [5.41, 5.74) is 7.40. The Hall–Kier alpha value is -2.34. The predicted molar refractivity (Wildman–Crippen MR) is 67.4 cm³/mol. The zero-order valence-electron chi connectivity index (χ0n) is 9.71. The molecule has 0 radical (unpaired) electrons. The highest BCUT2D eigenvalue weighted by Gasteiger charge is 2.09. The molecule has 0 atom stereocenters. The minimum atomic E-state index is -0.313. The number of nitrogens with one attached hydrogen (secondary N) is 1. The maximum Gasteiger partial charge on any atom is 0.271 e. The molecular formula is C12H14N4O2. The molecule has 18 heavy (non-hydrogen) atoms. The quantitative estimate of drug-likeness (QED) is 0.671. The number of rotatable bonds is 4. The molecule has 94 valence electrons. The molecule has 6 nitrogen and oxygen atoms in total. The Bertz CT molecular complexity index is 551. The Balaban J connectivity index is 2.17. The lowest BCUT2D eigenvalue weighted by atomic mass is 10.3. The van der Waals surface area contributed by atoms with Crippen LogP contribution >= 0.6 is 0 Å². The number of nitrogen functional groups attached to an aromatic ring is 1. The average Bonchev–Trinajstić information content (AvgIpc) is 2.85. The van der Waals surface area contributed by atoms with Crippen LogP contribution in [0, 0.1) is 0 Å². The van der Waals surface area contributed by atoms with Crippen LogP contribution in [0.3, 0.4) is 0 Å². The van der Waals surface area contributed by atoms with Gasteiger partial charge in [-0.05, 0) is 24.3 Å². The van der Waals surface area contributed by atoms with E-state index in [0.717, 1.165) is 5.69 Å². The molecule has 0 spiro atoms. The van der Waals surface area contributed by atoms with Crippen molar-refractivity contribution in [2.24, 2.45) is 0 Å². The number of aromatic nitrogens is 2. The molecule has 4 N–H and O–H groups in total. The van der Waals surface area contributed by atoms with E-state index in [1.807, 2.05) is 12.1 Å². The second kappa shape index (κ2) is 5.33. The van der Waals surface area contributed by atoms with E-state index in [2.05, 4.69) is 10.4 Å². The maximum absolute atomic E-state index is 11.6. The highest BCUT2D eigenvalue weighted by atomic mass is 16.3. The summed E-state index contributed by atoms with van der Waals surface area (Å²) in [7, 11) is 0. The van der Waals surface area contributed by atoms with Crippen LogP contribution in [0.4, 0.5) is 5.69 Å². The molecule has 0 saturated heterocycles. The van der Waals surface area contributed by atoms with Crippen molar-refractivity contribution in [2.45, 2.75) is 0 Å². The molecule has 0 aliphatic heterocycles. The molecule has 0 aliphatic rings. The number of carbonyl (C=O) groups is 1. The first-order valence-electron chi connectivity index (χ1n) is 5.51. The molecule has 6 heteroatoms. The van der Waals surface area contributed by atoms with Gasteiger partial charge in [0.05, 0.1) is 12.3 Å². The number of nitrogens with zero attached hydrogens (tertiary/aromatic N) is 2. The smallest absolute Gasteiger partial charge is 0.271 e. The number of amides is 1. The highest BCUT2D eigenvalue weighted by molar-refractivity contribution is 5.92. The Morgan fingerprint density at radius 1 is 1.44 bits per heavy atom. The van der Waals surface area contributed by atoms with E-state index in [1.165, 1.54) is 0 Å². The predicted octanol–water partition coefficient (Wildman–Crippen LogP) is 0.177. The van der Waals surface area contributed by atoms with Gasteiger partial charge in [0.2, 0.25) is 0 Å². The average molecular weight is 246 g/mol. The molecule has 1 aromatic heterocycles. The molecule has 2 rings (SSSR count). The van der Waals surface area contributed by atoms with E-state index in [0.29, 0.717) is 11.4 Å². The first kappa shape index (κ1) is 12.1. The van der Waals surface area contributed by atoms with Gasteiger partial charge in [-0.2, -0.15) is 5.10 Å². The van der Waals surface area contributed by atoms with Gasteiger partial charge >= 0.3 is 0 Å². The second-order valence-corrected chi connectivity index (χ2v) is 3.72. The van der Waals surface area contributed by atoms with E-state index < -0.39 is 0 Å². The fraction of sp³-hybridized carbons (Fsp3) is 0.167. The normalized spacial score (nSPS) is 10.3. The van der Waals surface area contributed by atoms with Crippen molar-refractivity contribution in [1.29, 1.82) is 0 Å². The van der Waals surface area contributed by atoms with Crippen molar-refractivity contribution in [1.82, 2.24) is 15.1 Å². The van der Waals surface area contributed by atoms with Crippen molar-refractivity contribution in [3.63, 3.8) is 0 Å². The SMILES string of the molecule is Nc1cccc(-n2ccc(C(=O)NCCO)n2)c1. The summed E-state index contributed by atoms with van der Waals surface area (Å²) < 4.78 is 1.57. The van der Waals surface area contributed by atoms with Gasteiger partial charge in [0.25, 0.3) is 5.91 Å². The van der Waals surface area contributed by atoms with Gasteiger partial charge in [0.15, 0.2) is 5.69 Å². The number of benzene rings is 1. The van der Waals surface area contributed by atoms with Crippen molar-refractivity contribution >= 4 is 11.6 Å². The van der Waals surface area contributed by atoms with Crippen LogP contribution in [0.1, 0.15) is 10.5 Å². The molecular weight excluding hydrogens is 232 g/mol. The van der Waals surface area contributed by atoms with Crippen LogP contribution in [0.25, 0.3) is 5.69 Å². The number of aliphatic hydroxyl groups is 1. The summed E-state index contributed by atoms with van der Waals surface area (Å²) in [5, 5.41) is 15.3. The molecule has 0 bridgehead atoms. The van der Waals surface area contributed by atoms with E-state index in [1.54, 1.807) is 29.1 Å². The summed E-state index contributed by atoms with van der Waals surface area (Å²) in [6, 6.07) is 8.82. The van der Waals surface area contributed by atoms with Crippen LogP contribution in [0.5, 0.6) is 0 Å². The van der Waals surface area contributed by atoms with E-state index in [4.69, 9.17) is 10.8 Å². The summed E-state index contributed by atoms with van der Waals surface area (Å²) in [5.74, 6) is -0.313. The number of hydrogen-bond donors (Lipinski definition) is 3. The van der Waals surface area contributed by atoms with Crippen molar-refractivity contribution in [3.8, 4) is 5.69 Å². The summed E-state index contributed by atoms with van der Waals surface area (Å²) >= 11 is 0. The molecule has 1 heterocycles. The molecule has 0 fully saturated rings. The van der Waals surface area contributed by atoms with E-state index >= 15 is 0 Å². The van der Waals surface area contributed by atoms with Crippen LogP contribution in [-0.4, -0.2) is 33.9 Å². The highest BCUT2D eigenvalue weighted by Crippen LogP contribution is 2.11. The maximum atomic E-state index is 11.6. The van der Waals surface area contributed by atoms with Crippen molar-refractivity contribution in [3.05, 3.63) is 42.2 Å². The fourth-order valence-electron chi connectivity index (χ4n) is 1.52. The van der Waals surface area contributed by atoms with Gasteiger partial charge in [0.1, 0.15) is 0 Å². The number of hydrogen-bond acceptors (Lipinski definition) is 4. The van der Waals surface area contributed by atoms with Gasteiger partial charge in [0, 0.05) is 18.4 Å². The molecule has 2 aromatic rings. The zero-order chi connectivity index (χ0) is 13.0. The number of aliphatic hydroxyl groups excluding tert-OH is 1. The van der Waals surface area contributed by atoms with Gasteiger partial charge in [-0.15, -0.1) is 0 Å². The Morgan fingerprint density at radius 2 is 2.28 bits per heavy atom. The van der Waals surface area contributed by atoms with Crippen LogP contribution in [-0.2, 0) is 0 Å². The summed E-state index contributed by atoms with van der Waals surface area (Å²) in [6.45, 7) is 0.117. The second-order valence-electron chi connectivity index (χ2n) is 3.72. The molecule has 0 unspecified atom stereocenters. The Kier molecular flexibility index (Phi) is 3.59. The molecule has 1 aromatic carbocycles. The first-order chi connectivity index (χ1) is 8.70. The lowest BCUT2D eigenvalue weighted by Gasteiger charge is -2.02.